The average molecular weight is 300 g/mol. The molecule has 5 heteroatoms. The van der Waals surface area contributed by atoms with E-state index in [1.807, 2.05) is 0 Å². The van der Waals surface area contributed by atoms with Gasteiger partial charge in [-0.2, -0.15) is 0 Å². The summed E-state index contributed by atoms with van der Waals surface area (Å²) in [5.74, 6) is 0.304. The maximum Gasteiger partial charge on any atom is 0.147 e. The predicted octanol–water partition coefficient (Wildman–Crippen LogP) is 1.92. The maximum atomic E-state index is 10.9. The van der Waals surface area contributed by atoms with Gasteiger partial charge in [0.25, 0.3) is 0 Å². The highest BCUT2D eigenvalue weighted by Gasteiger charge is 2.03. The Hall–Kier alpha value is 0.390. The van der Waals surface area contributed by atoms with E-state index in [-0.39, 0.29) is 0 Å². The standard InChI is InChI=1S/C10H22BrNO2S/c1-12(8-5-3-4-7-11)9-6-10-15(2,13)14/h3-10H2,1-2H3. The van der Waals surface area contributed by atoms with Crippen molar-refractivity contribution in [1.29, 1.82) is 0 Å². The molecule has 0 fully saturated rings. The molecule has 92 valence electrons. The van der Waals surface area contributed by atoms with Crippen molar-refractivity contribution >= 4 is 25.8 Å². The summed E-state index contributed by atoms with van der Waals surface area (Å²) >= 11 is 3.40. The van der Waals surface area contributed by atoms with Crippen molar-refractivity contribution in [1.82, 2.24) is 4.90 Å². The second-order valence-corrected chi connectivity index (χ2v) is 7.09. The number of hydrogen-bond donors (Lipinski definition) is 0. The van der Waals surface area contributed by atoms with Gasteiger partial charge in [0.2, 0.25) is 0 Å². The van der Waals surface area contributed by atoms with Crippen molar-refractivity contribution in [3.8, 4) is 0 Å². The van der Waals surface area contributed by atoms with Crippen LogP contribution in [0.4, 0.5) is 0 Å². The van der Waals surface area contributed by atoms with Crippen molar-refractivity contribution in [2.45, 2.75) is 25.7 Å². The number of nitrogens with zero attached hydrogens (tertiary/aromatic N) is 1. The lowest BCUT2D eigenvalue weighted by molar-refractivity contribution is 0.326. The summed E-state index contributed by atoms with van der Waals surface area (Å²) in [6.45, 7) is 1.94. The molecule has 0 amide bonds. The zero-order valence-electron chi connectivity index (χ0n) is 9.71. The first-order valence-corrected chi connectivity index (χ1v) is 8.56. The number of rotatable bonds is 9. The topological polar surface area (TPSA) is 37.4 Å². The Morgan fingerprint density at radius 3 is 2.20 bits per heavy atom. The van der Waals surface area contributed by atoms with Crippen LogP contribution < -0.4 is 0 Å². The summed E-state index contributed by atoms with van der Waals surface area (Å²) in [5.41, 5.74) is 0. The maximum absolute atomic E-state index is 10.9. The summed E-state index contributed by atoms with van der Waals surface area (Å²) in [4.78, 5) is 2.21. The zero-order valence-corrected chi connectivity index (χ0v) is 12.1. The van der Waals surface area contributed by atoms with Gasteiger partial charge < -0.3 is 4.90 Å². The number of halogens is 1. The summed E-state index contributed by atoms with van der Waals surface area (Å²) in [7, 11) is -0.730. The highest BCUT2D eigenvalue weighted by Crippen LogP contribution is 2.00. The third-order valence-electron chi connectivity index (χ3n) is 2.23. The fraction of sp³-hybridized carbons (Fsp3) is 1.00. The average Bonchev–Trinajstić information content (AvgIpc) is 2.10. The van der Waals surface area contributed by atoms with Gasteiger partial charge in [0, 0.05) is 11.6 Å². The molecular weight excluding hydrogens is 278 g/mol. The molecule has 0 N–H and O–H groups in total. The Kier molecular flexibility index (Phi) is 8.75. The Balaban J connectivity index is 3.37. The molecule has 0 rings (SSSR count). The largest absolute Gasteiger partial charge is 0.306 e. The highest BCUT2D eigenvalue weighted by atomic mass is 79.9. The molecule has 0 heterocycles. The first kappa shape index (κ1) is 15.4. The summed E-state index contributed by atoms with van der Waals surface area (Å²) < 4.78 is 21.8. The summed E-state index contributed by atoms with van der Waals surface area (Å²) in [6.07, 6.45) is 5.69. The van der Waals surface area contributed by atoms with E-state index in [9.17, 15) is 8.42 Å². The van der Waals surface area contributed by atoms with Gasteiger partial charge >= 0.3 is 0 Å². The van der Waals surface area contributed by atoms with Crippen molar-refractivity contribution in [3.05, 3.63) is 0 Å². The third kappa shape index (κ3) is 12.3. The molecule has 0 saturated heterocycles. The van der Waals surface area contributed by atoms with E-state index in [0.717, 1.165) is 24.8 Å². The second-order valence-electron chi connectivity index (χ2n) is 4.04. The van der Waals surface area contributed by atoms with Crippen LogP contribution in [-0.2, 0) is 9.84 Å². The van der Waals surface area contributed by atoms with Crippen LogP contribution >= 0.6 is 15.9 Å². The lowest BCUT2D eigenvalue weighted by atomic mass is 10.2. The molecule has 0 aromatic carbocycles. The first-order valence-electron chi connectivity index (χ1n) is 5.38. The van der Waals surface area contributed by atoms with E-state index < -0.39 is 9.84 Å². The van der Waals surface area contributed by atoms with E-state index in [1.54, 1.807) is 0 Å². The van der Waals surface area contributed by atoms with Gasteiger partial charge in [-0.05, 0) is 39.4 Å². The van der Waals surface area contributed by atoms with Crippen LogP contribution in [0, 0.1) is 0 Å². The molecule has 15 heavy (non-hydrogen) atoms. The molecule has 0 aliphatic carbocycles. The van der Waals surface area contributed by atoms with E-state index in [1.165, 1.54) is 25.5 Å². The lowest BCUT2D eigenvalue weighted by Gasteiger charge is -2.15. The van der Waals surface area contributed by atoms with E-state index >= 15 is 0 Å². The van der Waals surface area contributed by atoms with Crippen LogP contribution in [0.2, 0.25) is 0 Å². The summed E-state index contributed by atoms with van der Waals surface area (Å²) in [5, 5.41) is 1.07. The van der Waals surface area contributed by atoms with Crippen molar-refractivity contribution in [3.63, 3.8) is 0 Å². The SMILES string of the molecule is CN(CCCCCBr)CCCS(C)(=O)=O. The highest BCUT2D eigenvalue weighted by molar-refractivity contribution is 9.09. The Morgan fingerprint density at radius 2 is 1.67 bits per heavy atom. The molecule has 0 saturated carbocycles. The van der Waals surface area contributed by atoms with Gasteiger partial charge in [0.05, 0.1) is 5.75 Å². The van der Waals surface area contributed by atoms with Crippen LogP contribution in [0.25, 0.3) is 0 Å². The zero-order chi connectivity index (χ0) is 11.7. The molecule has 0 atom stereocenters. The van der Waals surface area contributed by atoms with Crippen LogP contribution in [0.1, 0.15) is 25.7 Å². The molecule has 0 aliphatic heterocycles. The molecular formula is C10H22BrNO2S. The fourth-order valence-corrected chi connectivity index (χ4v) is 2.41. The monoisotopic (exact) mass is 299 g/mol. The fourth-order valence-electron chi connectivity index (χ4n) is 1.36. The number of alkyl halides is 1. The van der Waals surface area contributed by atoms with Crippen LogP contribution in [0.3, 0.4) is 0 Å². The van der Waals surface area contributed by atoms with Crippen LogP contribution in [0.15, 0.2) is 0 Å². The van der Waals surface area contributed by atoms with Gasteiger partial charge in [-0.25, -0.2) is 8.42 Å². The molecule has 0 aliphatic rings. The normalized spacial score (nSPS) is 12.3. The molecule has 0 radical (unpaired) electrons. The predicted molar refractivity (Wildman–Crippen MR) is 69.5 cm³/mol. The van der Waals surface area contributed by atoms with E-state index in [4.69, 9.17) is 0 Å². The smallest absolute Gasteiger partial charge is 0.147 e. The lowest BCUT2D eigenvalue weighted by Crippen LogP contribution is -2.22. The van der Waals surface area contributed by atoms with Crippen molar-refractivity contribution in [2.24, 2.45) is 0 Å². The molecule has 0 spiro atoms. The molecule has 0 bridgehead atoms. The van der Waals surface area contributed by atoms with E-state index in [0.29, 0.717) is 5.75 Å². The second kappa shape index (κ2) is 8.53. The minimum atomic E-state index is -2.78. The van der Waals surface area contributed by atoms with Crippen LogP contribution in [0.5, 0.6) is 0 Å². The number of sulfone groups is 1. The molecule has 0 aromatic rings. The van der Waals surface area contributed by atoms with Gasteiger partial charge in [-0.15, -0.1) is 0 Å². The number of unbranched alkanes of at least 4 members (excludes halogenated alkanes) is 2. The quantitative estimate of drug-likeness (QED) is 0.482. The van der Waals surface area contributed by atoms with Gasteiger partial charge in [0.15, 0.2) is 0 Å². The molecule has 0 aromatic heterocycles. The first-order chi connectivity index (χ1) is 6.95. The Bertz CT molecular complexity index is 242. The third-order valence-corrected chi connectivity index (χ3v) is 3.82. The minimum Gasteiger partial charge on any atom is -0.306 e. The van der Waals surface area contributed by atoms with Crippen molar-refractivity contribution in [2.75, 3.05) is 37.5 Å². The van der Waals surface area contributed by atoms with Crippen LogP contribution in [-0.4, -0.2) is 50.8 Å². The Morgan fingerprint density at radius 1 is 1.07 bits per heavy atom. The van der Waals surface area contributed by atoms with Crippen molar-refractivity contribution < 1.29 is 8.42 Å². The molecule has 3 nitrogen and oxygen atoms in total. The number of hydrogen-bond acceptors (Lipinski definition) is 3. The van der Waals surface area contributed by atoms with E-state index in [2.05, 4.69) is 27.9 Å². The van der Waals surface area contributed by atoms with Gasteiger partial charge in [-0.3, -0.25) is 0 Å². The van der Waals surface area contributed by atoms with Gasteiger partial charge in [0.1, 0.15) is 9.84 Å². The minimum absolute atomic E-state index is 0.304. The summed E-state index contributed by atoms with van der Waals surface area (Å²) in [6, 6.07) is 0. The molecule has 0 unspecified atom stereocenters. The Labute approximate surface area is 102 Å². The van der Waals surface area contributed by atoms with Gasteiger partial charge in [-0.1, -0.05) is 22.4 Å².